The van der Waals surface area contributed by atoms with Crippen molar-refractivity contribution in [3.63, 3.8) is 0 Å². The fraction of sp³-hybridized carbons (Fsp3) is 0.167. The molecular weight excluding hydrogens is 257 g/mol. The SMILES string of the molecule is OCC(Nc1cc(Cl)ncn1)c1ccc(F)cc1. The van der Waals surface area contributed by atoms with Crippen LogP contribution in [0.3, 0.4) is 0 Å². The summed E-state index contributed by atoms with van der Waals surface area (Å²) >= 11 is 5.74. The monoisotopic (exact) mass is 267 g/mol. The minimum Gasteiger partial charge on any atom is -0.394 e. The van der Waals surface area contributed by atoms with Gasteiger partial charge in [0.15, 0.2) is 0 Å². The van der Waals surface area contributed by atoms with E-state index in [1.165, 1.54) is 18.5 Å². The van der Waals surface area contributed by atoms with Crippen LogP contribution in [-0.2, 0) is 0 Å². The Morgan fingerprint density at radius 3 is 2.61 bits per heavy atom. The number of hydrogen-bond donors (Lipinski definition) is 2. The van der Waals surface area contributed by atoms with E-state index in [-0.39, 0.29) is 18.5 Å². The van der Waals surface area contributed by atoms with Gasteiger partial charge in [-0.15, -0.1) is 0 Å². The summed E-state index contributed by atoms with van der Waals surface area (Å²) in [6.07, 6.45) is 1.32. The van der Waals surface area contributed by atoms with Crippen molar-refractivity contribution in [2.45, 2.75) is 6.04 Å². The van der Waals surface area contributed by atoms with Gasteiger partial charge in [-0.1, -0.05) is 23.7 Å². The highest BCUT2D eigenvalue weighted by atomic mass is 35.5. The summed E-state index contributed by atoms with van der Waals surface area (Å²) < 4.78 is 12.8. The molecule has 1 aromatic carbocycles. The molecule has 2 aromatic rings. The molecule has 2 rings (SSSR count). The van der Waals surface area contributed by atoms with Crippen molar-refractivity contribution in [3.05, 3.63) is 53.2 Å². The number of halogens is 2. The average Bonchev–Trinajstić information content (AvgIpc) is 2.37. The Labute approximate surface area is 108 Å². The van der Waals surface area contributed by atoms with Gasteiger partial charge in [0.2, 0.25) is 0 Å². The maximum Gasteiger partial charge on any atom is 0.134 e. The fourth-order valence-electron chi connectivity index (χ4n) is 1.52. The van der Waals surface area contributed by atoms with Gasteiger partial charge < -0.3 is 10.4 Å². The Kier molecular flexibility index (Phi) is 4.07. The molecular formula is C12H11ClFN3O. The van der Waals surface area contributed by atoms with Gasteiger partial charge in [-0.05, 0) is 17.7 Å². The van der Waals surface area contributed by atoms with Crippen LogP contribution in [0.4, 0.5) is 10.2 Å². The topological polar surface area (TPSA) is 58.0 Å². The largest absolute Gasteiger partial charge is 0.394 e. The normalized spacial score (nSPS) is 12.2. The van der Waals surface area contributed by atoms with Crippen LogP contribution in [0.15, 0.2) is 36.7 Å². The third kappa shape index (κ3) is 3.15. The standard InChI is InChI=1S/C12H11ClFN3O/c13-11-5-12(16-7-15-11)17-10(6-18)8-1-3-9(14)4-2-8/h1-5,7,10,18H,6H2,(H,15,16,17). The first-order valence-electron chi connectivity index (χ1n) is 5.29. The Morgan fingerprint density at radius 1 is 1.28 bits per heavy atom. The number of rotatable bonds is 4. The zero-order valence-electron chi connectivity index (χ0n) is 9.35. The van der Waals surface area contributed by atoms with E-state index in [2.05, 4.69) is 15.3 Å². The minimum atomic E-state index is -0.378. The number of aliphatic hydroxyl groups excluding tert-OH is 1. The summed E-state index contributed by atoms with van der Waals surface area (Å²) in [6.45, 7) is -0.146. The molecule has 0 saturated carbocycles. The molecule has 0 saturated heterocycles. The lowest BCUT2D eigenvalue weighted by Gasteiger charge is -2.17. The smallest absolute Gasteiger partial charge is 0.134 e. The molecule has 0 amide bonds. The van der Waals surface area contributed by atoms with Gasteiger partial charge in [0, 0.05) is 6.07 Å². The van der Waals surface area contributed by atoms with Crippen molar-refractivity contribution < 1.29 is 9.50 Å². The minimum absolute atomic E-state index is 0.146. The van der Waals surface area contributed by atoms with Crippen LogP contribution >= 0.6 is 11.6 Å². The van der Waals surface area contributed by atoms with Crippen molar-refractivity contribution in [2.75, 3.05) is 11.9 Å². The second-order valence-corrected chi connectivity index (χ2v) is 4.04. The average molecular weight is 268 g/mol. The lowest BCUT2D eigenvalue weighted by molar-refractivity contribution is 0.276. The predicted octanol–water partition coefficient (Wildman–Crippen LogP) is 2.41. The Balaban J connectivity index is 2.17. The molecule has 94 valence electrons. The number of anilines is 1. The van der Waals surface area contributed by atoms with Crippen molar-refractivity contribution in [3.8, 4) is 0 Å². The molecule has 1 heterocycles. The third-order valence-electron chi connectivity index (χ3n) is 2.41. The van der Waals surface area contributed by atoms with E-state index in [0.29, 0.717) is 11.0 Å². The van der Waals surface area contributed by atoms with Crippen molar-refractivity contribution in [1.82, 2.24) is 9.97 Å². The molecule has 6 heteroatoms. The number of aliphatic hydroxyl groups is 1. The summed E-state index contributed by atoms with van der Waals surface area (Å²) in [5.41, 5.74) is 0.758. The number of benzene rings is 1. The number of nitrogens with zero attached hydrogens (tertiary/aromatic N) is 2. The van der Waals surface area contributed by atoms with Gasteiger partial charge in [0.1, 0.15) is 23.1 Å². The number of aromatic nitrogens is 2. The number of hydrogen-bond acceptors (Lipinski definition) is 4. The van der Waals surface area contributed by atoms with Crippen LogP contribution in [-0.4, -0.2) is 21.7 Å². The van der Waals surface area contributed by atoms with Crippen LogP contribution in [0.2, 0.25) is 5.15 Å². The van der Waals surface area contributed by atoms with Gasteiger partial charge in [0.25, 0.3) is 0 Å². The molecule has 0 aliphatic carbocycles. The first-order valence-corrected chi connectivity index (χ1v) is 5.67. The van der Waals surface area contributed by atoms with Gasteiger partial charge in [0.05, 0.1) is 12.6 Å². The molecule has 4 nitrogen and oxygen atoms in total. The van der Waals surface area contributed by atoms with Gasteiger partial charge in [-0.25, -0.2) is 14.4 Å². The second-order valence-electron chi connectivity index (χ2n) is 3.66. The lowest BCUT2D eigenvalue weighted by Crippen LogP contribution is -2.15. The number of nitrogens with one attached hydrogen (secondary N) is 1. The molecule has 0 spiro atoms. The van der Waals surface area contributed by atoms with Crippen LogP contribution in [0.25, 0.3) is 0 Å². The summed E-state index contributed by atoms with van der Waals surface area (Å²) in [4.78, 5) is 7.74. The Hall–Kier alpha value is -1.72. The zero-order chi connectivity index (χ0) is 13.0. The molecule has 0 aliphatic rings. The molecule has 2 N–H and O–H groups in total. The van der Waals surface area contributed by atoms with Crippen molar-refractivity contribution in [2.24, 2.45) is 0 Å². The lowest BCUT2D eigenvalue weighted by atomic mass is 10.1. The van der Waals surface area contributed by atoms with E-state index in [1.807, 2.05) is 0 Å². The first kappa shape index (κ1) is 12.7. The van der Waals surface area contributed by atoms with Crippen molar-refractivity contribution in [1.29, 1.82) is 0 Å². The predicted molar refractivity (Wildman–Crippen MR) is 66.9 cm³/mol. The van der Waals surface area contributed by atoms with Crippen molar-refractivity contribution >= 4 is 17.4 Å². The van der Waals surface area contributed by atoms with E-state index < -0.39 is 0 Å². The van der Waals surface area contributed by atoms with E-state index in [1.54, 1.807) is 18.2 Å². The highest BCUT2D eigenvalue weighted by Gasteiger charge is 2.11. The van der Waals surface area contributed by atoms with Crippen LogP contribution in [0.1, 0.15) is 11.6 Å². The fourth-order valence-corrected chi connectivity index (χ4v) is 1.67. The van der Waals surface area contributed by atoms with Gasteiger partial charge >= 0.3 is 0 Å². The summed E-state index contributed by atoms with van der Waals surface area (Å²) in [6, 6.07) is 7.06. The maximum absolute atomic E-state index is 12.8. The zero-order valence-corrected chi connectivity index (χ0v) is 10.1. The highest BCUT2D eigenvalue weighted by molar-refractivity contribution is 6.29. The van der Waals surface area contributed by atoms with Crippen LogP contribution in [0, 0.1) is 5.82 Å². The summed E-state index contributed by atoms with van der Waals surface area (Å²) in [5, 5.41) is 12.7. The molecule has 1 aromatic heterocycles. The third-order valence-corrected chi connectivity index (χ3v) is 2.62. The van der Waals surface area contributed by atoms with Crippen LogP contribution in [0.5, 0.6) is 0 Å². The molecule has 1 unspecified atom stereocenters. The van der Waals surface area contributed by atoms with E-state index >= 15 is 0 Å². The van der Waals surface area contributed by atoms with E-state index in [9.17, 15) is 9.50 Å². The molecule has 18 heavy (non-hydrogen) atoms. The van der Waals surface area contributed by atoms with Gasteiger partial charge in [-0.2, -0.15) is 0 Å². The second kappa shape index (κ2) is 5.75. The van der Waals surface area contributed by atoms with E-state index in [0.717, 1.165) is 5.56 Å². The highest BCUT2D eigenvalue weighted by Crippen LogP contribution is 2.19. The first-order chi connectivity index (χ1) is 8.69. The Bertz CT molecular complexity index is 521. The molecule has 0 radical (unpaired) electrons. The maximum atomic E-state index is 12.8. The molecule has 0 bridgehead atoms. The quantitative estimate of drug-likeness (QED) is 0.836. The molecule has 0 fully saturated rings. The van der Waals surface area contributed by atoms with Crippen LogP contribution < -0.4 is 5.32 Å². The molecule has 0 aliphatic heterocycles. The van der Waals surface area contributed by atoms with E-state index in [4.69, 9.17) is 11.6 Å². The molecule has 1 atom stereocenters. The Morgan fingerprint density at radius 2 is 2.00 bits per heavy atom. The summed E-state index contributed by atoms with van der Waals surface area (Å²) in [5.74, 6) is 0.180. The summed E-state index contributed by atoms with van der Waals surface area (Å²) in [7, 11) is 0. The van der Waals surface area contributed by atoms with Gasteiger partial charge in [-0.3, -0.25) is 0 Å².